The van der Waals surface area contributed by atoms with Crippen LogP contribution in [0.15, 0.2) is 6.33 Å². The molecule has 1 rings (SSSR count). The third-order valence-corrected chi connectivity index (χ3v) is 1.30. The van der Waals surface area contributed by atoms with Crippen molar-refractivity contribution in [3.05, 3.63) is 12.2 Å². The minimum absolute atomic E-state index is 0.0486. The molecule has 0 saturated heterocycles. The van der Waals surface area contributed by atoms with Gasteiger partial charge in [-0.05, 0) is 7.05 Å². The fourth-order valence-electron chi connectivity index (χ4n) is 0.775. The van der Waals surface area contributed by atoms with Crippen LogP contribution < -0.4 is 5.32 Å². The SMILES string of the molecule is CNCC(=O)c1nncn1C. The van der Waals surface area contributed by atoms with E-state index < -0.39 is 0 Å². The van der Waals surface area contributed by atoms with Crippen molar-refractivity contribution in [1.82, 2.24) is 20.1 Å². The number of nitrogens with zero attached hydrogens (tertiary/aromatic N) is 3. The Labute approximate surface area is 64.4 Å². The Morgan fingerprint density at radius 2 is 2.55 bits per heavy atom. The Morgan fingerprint density at radius 1 is 1.82 bits per heavy atom. The molecule has 0 radical (unpaired) electrons. The van der Waals surface area contributed by atoms with E-state index in [0.29, 0.717) is 12.4 Å². The Hall–Kier alpha value is -1.23. The van der Waals surface area contributed by atoms with Crippen LogP contribution in [0.3, 0.4) is 0 Å². The summed E-state index contributed by atoms with van der Waals surface area (Å²) in [6, 6.07) is 0. The molecule has 0 aliphatic heterocycles. The second-order valence-corrected chi connectivity index (χ2v) is 2.22. The molecule has 1 heterocycles. The van der Waals surface area contributed by atoms with E-state index in [2.05, 4.69) is 15.5 Å². The van der Waals surface area contributed by atoms with Crippen molar-refractivity contribution in [2.45, 2.75) is 0 Å². The molecule has 11 heavy (non-hydrogen) atoms. The molecule has 1 N–H and O–H groups in total. The lowest BCUT2D eigenvalue weighted by molar-refractivity contribution is 0.0980. The van der Waals surface area contributed by atoms with E-state index in [4.69, 9.17) is 0 Å². The number of ketones is 1. The Bertz CT molecular complexity index is 255. The quantitative estimate of drug-likeness (QED) is 0.580. The molecule has 5 heteroatoms. The number of carbonyl (C=O) groups excluding carboxylic acids is 1. The van der Waals surface area contributed by atoms with Gasteiger partial charge in [0.05, 0.1) is 6.54 Å². The van der Waals surface area contributed by atoms with Crippen molar-refractivity contribution in [2.24, 2.45) is 7.05 Å². The highest BCUT2D eigenvalue weighted by atomic mass is 16.1. The van der Waals surface area contributed by atoms with Crippen LogP contribution in [0.1, 0.15) is 10.6 Å². The second-order valence-electron chi connectivity index (χ2n) is 2.22. The Morgan fingerprint density at radius 3 is 3.00 bits per heavy atom. The Kier molecular flexibility index (Phi) is 2.32. The maximum Gasteiger partial charge on any atom is 0.213 e. The summed E-state index contributed by atoms with van der Waals surface area (Å²) < 4.78 is 1.60. The summed E-state index contributed by atoms with van der Waals surface area (Å²) in [6.07, 6.45) is 1.50. The third kappa shape index (κ3) is 1.62. The molecule has 0 bridgehead atoms. The van der Waals surface area contributed by atoms with Gasteiger partial charge < -0.3 is 9.88 Å². The van der Waals surface area contributed by atoms with Gasteiger partial charge in [-0.3, -0.25) is 4.79 Å². The van der Waals surface area contributed by atoms with Crippen LogP contribution in [0.5, 0.6) is 0 Å². The van der Waals surface area contributed by atoms with Crippen molar-refractivity contribution in [3.8, 4) is 0 Å². The first-order valence-electron chi connectivity index (χ1n) is 3.27. The number of hydrogen-bond donors (Lipinski definition) is 1. The van der Waals surface area contributed by atoms with Crippen LogP contribution in [0.25, 0.3) is 0 Å². The van der Waals surface area contributed by atoms with Gasteiger partial charge in [-0.1, -0.05) is 0 Å². The average Bonchev–Trinajstić information content (AvgIpc) is 2.36. The molecule has 0 fully saturated rings. The van der Waals surface area contributed by atoms with E-state index in [1.807, 2.05) is 0 Å². The van der Waals surface area contributed by atoms with Crippen molar-refractivity contribution in [3.63, 3.8) is 0 Å². The van der Waals surface area contributed by atoms with Gasteiger partial charge in [0, 0.05) is 7.05 Å². The van der Waals surface area contributed by atoms with Gasteiger partial charge >= 0.3 is 0 Å². The maximum atomic E-state index is 11.1. The number of Topliss-reactive ketones (excluding diaryl/α,β-unsaturated/α-hetero) is 1. The number of nitrogens with one attached hydrogen (secondary N) is 1. The van der Waals surface area contributed by atoms with E-state index in [0.717, 1.165) is 0 Å². The molecule has 0 aliphatic rings. The van der Waals surface area contributed by atoms with Gasteiger partial charge in [-0.2, -0.15) is 0 Å². The summed E-state index contributed by atoms with van der Waals surface area (Å²) in [4.78, 5) is 11.1. The molecule has 0 saturated carbocycles. The highest BCUT2D eigenvalue weighted by Crippen LogP contribution is 1.91. The van der Waals surface area contributed by atoms with Crippen molar-refractivity contribution in [2.75, 3.05) is 13.6 Å². The molecule has 0 amide bonds. The number of carbonyl (C=O) groups is 1. The standard InChI is InChI=1S/C6H10N4O/c1-7-3-5(11)6-9-8-4-10(6)2/h4,7H,3H2,1-2H3. The highest BCUT2D eigenvalue weighted by Gasteiger charge is 2.09. The number of hydrogen-bond acceptors (Lipinski definition) is 4. The minimum atomic E-state index is -0.0486. The molecule has 0 unspecified atom stereocenters. The predicted octanol–water partition coefficient (Wildman–Crippen LogP) is -0.783. The molecule has 0 spiro atoms. The fourth-order valence-corrected chi connectivity index (χ4v) is 0.775. The molecular formula is C6H10N4O. The summed E-state index contributed by atoms with van der Waals surface area (Å²) >= 11 is 0. The molecular weight excluding hydrogens is 144 g/mol. The zero-order valence-corrected chi connectivity index (χ0v) is 6.53. The van der Waals surface area contributed by atoms with Crippen molar-refractivity contribution < 1.29 is 4.79 Å². The molecule has 1 aromatic heterocycles. The lowest BCUT2D eigenvalue weighted by Gasteiger charge is -1.96. The summed E-state index contributed by atoms with van der Waals surface area (Å²) in [5.41, 5.74) is 0. The maximum absolute atomic E-state index is 11.1. The van der Waals surface area contributed by atoms with Crippen LogP contribution in [-0.4, -0.2) is 34.1 Å². The van der Waals surface area contributed by atoms with Gasteiger partial charge in [0.1, 0.15) is 6.33 Å². The normalized spacial score (nSPS) is 10.0. The number of likely N-dealkylation sites (N-methyl/N-ethyl adjacent to an activating group) is 1. The molecule has 0 atom stereocenters. The van der Waals surface area contributed by atoms with E-state index in [1.54, 1.807) is 18.7 Å². The second kappa shape index (κ2) is 3.25. The number of aryl methyl sites for hydroxylation is 1. The zero-order valence-electron chi connectivity index (χ0n) is 6.53. The monoisotopic (exact) mass is 154 g/mol. The minimum Gasteiger partial charge on any atom is -0.314 e. The first kappa shape index (κ1) is 7.87. The molecule has 5 nitrogen and oxygen atoms in total. The lowest BCUT2D eigenvalue weighted by atomic mass is 10.4. The zero-order chi connectivity index (χ0) is 8.27. The van der Waals surface area contributed by atoms with Crippen LogP contribution in [0, 0.1) is 0 Å². The molecule has 1 aromatic rings. The van der Waals surface area contributed by atoms with Gasteiger partial charge in [-0.25, -0.2) is 0 Å². The van der Waals surface area contributed by atoms with Gasteiger partial charge in [0.15, 0.2) is 0 Å². The number of aromatic nitrogens is 3. The van der Waals surface area contributed by atoms with E-state index >= 15 is 0 Å². The smallest absolute Gasteiger partial charge is 0.213 e. The molecule has 0 aromatic carbocycles. The van der Waals surface area contributed by atoms with Crippen LogP contribution in [-0.2, 0) is 7.05 Å². The summed E-state index contributed by atoms with van der Waals surface area (Å²) in [6.45, 7) is 0.298. The van der Waals surface area contributed by atoms with Gasteiger partial charge in [0.25, 0.3) is 0 Å². The fraction of sp³-hybridized carbons (Fsp3) is 0.500. The summed E-state index contributed by atoms with van der Waals surface area (Å²) in [5, 5.41) is 10.00. The average molecular weight is 154 g/mol. The van der Waals surface area contributed by atoms with E-state index in [9.17, 15) is 4.79 Å². The van der Waals surface area contributed by atoms with Crippen LogP contribution in [0.2, 0.25) is 0 Å². The van der Waals surface area contributed by atoms with Gasteiger partial charge in [-0.15, -0.1) is 10.2 Å². The van der Waals surface area contributed by atoms with E-state index in [1.165, 1.54) is 6.33 Å². The third-order valence-electron chi connectivity index (χ3n) is 1.30. The van der Waals surface area contributed by atoms with E-state index in [-0.39, 0.29) is 5.78 Å². The number of rotatable bonds is 3. The largest absolute Gasteiger partial charge is 0.314 e. The lowest BCUT2D eigenvalue weighted by Crippen LogP contribution is -2.21. The highest BCUT2D eigenvalue weighted by molar-refractivity contribution is 5.94. The topological polar surface area (TPSA) is 59.8 Å². The van der Waals surface area contributed by atoms with Crippen molar-refractivity contribution in [1.29, 1.82) is 0 Å². The van der Waals surface area contributed by atoms with Gasteiger partial charge in [0.2, 0.25) is 11.6 Å². The molecule has 60 valence electrons. The Balaban J connectivity index is 2.76. The van der Waals surface area contributed by atoms with Crippen LogP contribution >= 0.6 is 0 Å². The summed E-state index contributed by atoms with van der Waals surface area (Å²) in [7, 11) is 3.46. The predicted molar refractivity (Wildman–Crippen MR) is 39.3 cm³/mol. The van der Waals surface area contributed by atoms with Crippen LogP contribution in [0.4, 0.5) is 0 Å². The first-order valence-corrected chi connectivity index (χ1v) is 3.27. The first-order chi connectivity index (χ1) is 5.25. The summed E-state index contributed by atoms with van der Waals surface area (Å²) in [5.74, 6) is 0.340. The van der Waals surface area contributed by atoms with Crippen molar-refractivity contribution >= 4 is 5.78 Å². The molecule has 0 aliphatic carbocycles.